The van der Waals surface area contributed by atoms with Crippen LogP contribution in [0.1, 0.15) is 48.0 Å². The van der Waals surface area contributed by atoms with Gasteiger partial charge in [0, 0.05) is 0 Å². The first-order valence-electron chi connectivity index (χ1n) is 7.37. The first kappa shape index (κ1) is 13.6. The molecule has 0 aromatic heterocycles. The Kier molecular flexibility index (Phi) is 3.58. The first-order valence-corrected chi connectivity index (χ1v) is 7.37. The van der Waals surface area contributed by atoms with E-state index in [4.69, 9.17) is 0 Å². The maximum Gasteiger partial charge on any atom is -0.00978 e. The van der Waals surface area contributed by atoms with E-state index in [-0.39, 0.29) is 0 Å². The number of hydrogen-bond donors (Lipinski definition) is 0. The molecule has 18 heavy (non-hydrogen) atoms. The van der Waals surface area contributed by atoms with E-state index in [1.807, 2.05) is 0 Å². The highest BCUT2D eigenvalue weighted by atomic mass is 14.5. The van der Waals surface area contributed by atoms with Gasteiger partial charge < -0.3 is 0 Å². The number of rotatable bonds is 2. The summed E-state index contributed by atoms with van der Waals surface area (Å²) in [6.45, 7) is 18.2. The van der Waals surface area contributed by atoms with E-state index in [1.165, 1.54) is 6.42 Å². The van der Waals surface area contributed by atoms with Gasteiger partial charge in [0.05, 0.1) is 0 Å². The highest BCUT2D eigenvalue weighted by molar-refractivity contribution is 5.43. The predicted molar refractivity (Wildman–Crippen MR) is 80.4 cm³/mol. The second-order valence-corrected chi connectivity index (χ2v) is 6.57. The Hall–Kier alpha value is -0.780. The summed E-state index contributed by atoms with van der Waals surface area (Å²) in [6.07, 6.45) is 3.29. The minimum Gasteiger partial charge on any atom is -0.103 e. The Morgan fingerprint density at radius 1 is 0.889 bits per heavy atom. The Labute approximate surface area is 113 Å². The summed E-state index contributed by atoms with van der Waals surface area (Å²) in [5.41, 5.74) is 6.39. The zero-order chi connectivity index (χ0) is 13.6. The summed E-state index contributed by atoms with van der Waals surface area (Å²) < 4.78 is 0. The van der Waals surface area contributed by atoms with Crippen LogP contribution >= 0.6 is 0 Å². The lowest BCUT2D eigenvalue weighted by Gasteiger charge is -2.35. The molecule has 1 fully saturated rings. The summed E-state index contributed by atoms with van der Waals surface area (Å²) in [7, 11) is 0. The maximum atomic E-state index is 3.97. The molecule has 0 amide bonds. The van der Waals surface area contributed by atoms with Crippen molar-refractivity contribution in [2.45, 2.75) is 48.0 Å². The fraction of sp³-hybridized carbons (Fsp3) is 0.667. The number of hydrogen-bond acceptors (Lipinski definition) is 0. The molecule has 0 heterocycles. The molecule has 0 radical (unpaired) electrons. The van der Waals surface area contributed by atoms with E-state index >= 15 is 0 Å². The quantitative estimate of drug-likeness (QED) is 0.572. The van der Waals surface area contributed by atoms with Gasteiger partial charge in [-0.2, -0.15) is 0 Å². The van der Waals surface area contributed by atoms with E-state index < -0.39 is 0 Å². The molecule has 5 atom stereocenters. The Balaban J connectivity index is 2.50. The van der Waals surface area contributed by atoms with Gasteiger partial charge in [-0.25, -0.2) is 0 Å². The van der Waals surface area contributed by atoms with Gasteiger partial charge in [0.1, 0.15) is 0 Å². The fourth-order valence-corrected chi connectivity index (χ4v) is 4.54. The summed E-state index contributed by atoms with van der Waals surface area (Å²) in [6, 6.07) is 0. The van der Waals surface area contributed by atoms with Crippen molar-refractivity contribution in [1.82, 2.24) is 0 Å². The van der Waals surface area contributed by atoms with Gasteiger partial charge in [0.15, 0.2) is 0 Å². The average molecular weight is 244 g/mol. The van der Waals surface area contributed by atoms with Crippen LogP contribution in [0.25, 0.3) is 0 Å². The SMILES string of the molecule is C=CCC1C(C)C(C)C2C(C)=C(C)C(C)=C(C)C12. The van der Waals surface area contributed by atoms with Crippen LogP contribution in [0.3, 0.4) is 0 Å². The molecule has 0 bridgehead atoms. The molecule has 0 aromatic carbocycles. The third kappa shape index (κ3) is 1.73. The number of fused-ring (bicyclic) bond motifs is 1. The van der Waals surface area contributed by atoms with E-state index in [9.17, 15) is 0 Å². The van der Waals surface area contributed by atoms with Gasteiger partial charge in [-0.3, -0.25) is 0 Å². The van der Waals surface area contributed by atoms with Crippen molar-refractivity contribution >= 4 is 0 Å². The molecule has 0 N–H and O–H groups in total. The van der Waals surface area contributed by atoms with Gasteiger partial charge >= 0.3 is 0 Å². The molecule has 0 spiro atoms. The lowest BCUT2D eigenvalue weighted by molar-refractivity contribution is 0.333. The van der Waals surface area contributed by atoms with Crippen LogP contribution in [0.15, 0.2) is 34.9 Å². The molecule has 0 nitrogen and oxygen atoms in total. The second-order valence-electron chi connectivity index (χ2n) is 6.57. The van der Waals surface area contributed by atoms with E-state index in [0.29, 0.717) is 0 Å². The van der Waals surface area contributed by atoms with Crippen LogP contribution in [0.4, 0.5) is 0 Å². The van der Waals surface area contributed by atoms with Crippen molar-refractivity contribution in [3.05, 3.63) is 34.9 Å². The molecule has 2 rings (SSSR count). The van der Waals surface area contributed by atoms with Crippen LogP contribution in [0, 0.1) is 29.6 Å². The van der Waals surface area contributed by atoms with Gasteiger partial charge in [-0.05, 0) is 74.9 Å². The third-order valence-electron chi connectivity index (χ3n) is 6.10. The zero-order valence-electron chi connectivity index (χ0n) is 12.9. The van der Waals surface area contributed by atoms with Crippen molar-refractivity contribution in [3.8, 4) is 0 Å². The van der Waals surface area contributed by atoms with E-state index in [2.05, 4.69) is 54.2 Å². The van der Waals surface area contributed by atoms with E-state index in [1.54, 1.807) is 22.3 Å². The topological polar surface area (TPSA) is 0 Å². The molecule has 5 unspecified atom stereocenters. The molecular weight excluding hydrogens is 216 g/mol. The van der Waals surface area contributed by atoms with Crippen molar-refractivity contribution in [3.63, 3.8) is 0 Å². The van der Waals surface area contributed by atoms with Crippen LogP contribution in [0.5, 0.6) is 0 Å². The van der Waals surface area contributed by atoms with E-state index in [0.717, 1.165) is 29.6 Å². The number of allylic oxidation sites excluding steroid dienone is 5. The predicted octanol–water partition coefficient (Wildman–Crippen LogP) is 5.38. The van der Waals surface area contributed by atoms with Crippen molar-refractivity contribution in [2.75, 3.05) is 0 Å². The average Bonchev–Trinajstić information content (AvgIpc) is 2.59. The van der Waals surface area contributed by atoms with Crippen molar-refractivity contribution < 1.29 is 0 Å². The molecule has 2 aliphatic carbocycles. The standard InChI is InChI=1S/C18H28/c1-8-9-16-12(4)15(7)17-13(5)10(2)11(3)14(6)18(16)17/h8,12,15-18H,1,9H2,2-7H3. The molecule has 2 aliphatic rings. The molecule has 0 aromatic rings. The van der Waals surface area contributed by atoms with Gasteiger partial charge in [0.25, 0.3) is 0 Å². The fourth-order valence-electron chi connectivity index (χ4n) is 4.54. The molecule has 100 valence electrons. The summed E-state index contributed by atoms with van der Waals surface area (Å²) in [4.78, 5) is 0. The summed E-state index contributed by atoms with van der Waals surface area (Å²) in [5.74, 6) is 3.94. The third-order valence-corrected chi connectivity index (χ3v) is 6.10. The maximum absolute atomic E-state index is 3.97. The largest absolute Gasteiger partial charge is 0.103 e. The van der Waals surface area contributed by atoms with Crippen LogP contribution in [-0.2, 0) is 0 Å². The molecule has 0 saturated heterocycles. The lowest BCUT2D eigenvalue weighted by Crippen LogP contribution is -2.24. The normalized spacial score (nSPS) is 40.2. The minimum atomic E-state index is 0.761. The van der Waals surface area contributed by atoms with Crippen LogP contribution in [-0.4, -0.2) is 0 Å². The molecule has 1 saturated carbocycles. The molecule has 0 heteroatoms. The van der Waals surface area contributed by atoms with Crippen LogP contribution < -0.4 is 0 Å². The first-order chi connectivity index (χ1) is 8.41. The van der Waals surface area contributed by atoms with Crippen molar-refractivity contribution in [2.24, 2.45) is 29.6 Å². The second kappa shape index (κ2) is 4.72. The van der Waals surface area contributed by atoms with Gasteiger partial charge in [-0.1, -0.05) is 31.1 Å². The summed E-state index contributed by atoms with van der Waals surface area (Å²) in [5, 5.41) is 0. The highest BCUT2D eigenvalue weighted by Gasteiger charge is 2.48. The lowest BCUT2D eigenvalue weighted by atomic mass is 9.70. The molecule has 0 aliphatic heterocycles. The van der Waals surface area contributed by atoms with Crippen LogP contribution in [0.2, 0.25) is 0 Å². The molecular formula is C18H28. The Morgan fingerprint density at radius 2 is 1.39 bits per heavy atom. The minimum absolute atomic E-state index is 0.761. The zero-order valence-corrected chi connectivity index (χ0v) is 12.9. The van der Waals surface area contributed by atoms with Gasteiger partial charge in [0.2, 0.25) is 0 Å². The monoisotopic (exact) mass is 244 g/mol. The summed E-state index contributed by atoms with van der Waals surface area (Å²) >= 11 is 0. The smallest absolute Gasteiger partial charge is 0.00978 e. The Morgan fingerprint density at radius 3 is 1.89 bits per heavy atom. The van der Waals surface area contributed by atoms with Gasteiger partial charge in [-0.15, -0.1) is 6.58 Å². The highest BCUT2D eigenvalue weighted by Crippen LogP contribution is 2.56. The van der Waals surface area contributed by atoms with Crippen molar-refractivity contribution in [1.29, 1.82) is 0 Å². The Bertz CT molecular complexity index is 421.